The zero-order chi connectivity index (χ0) is 13.1. The zero-order valence-corrected chi connectivity index (χ0v) is 12.9. The van der Waals surface area contributed by atoms with Crippen molar-refractivity contribution in [2.45, 2.75) is 0 Å². The Balaban J connectivity index is 2.24. The summed E-state index contributed by atoms with van der Waals surface area (Å²) in [5, 5.41) is 12.1. The van der Waals surface area contributed by atoms with E-state index in [9.17, 15) is 9.90 Å². The number of hydrogen-bond donors (Lipinski definition) is 2. The summed E-state index contributed by atoms with van der Waals surface area (Å²) in [7, 11) is 0. The Morgan fingerprint density at radius 3 is 2.72 bits per heavy atom. The number of aromatic hydroxyl groups is 1. The molecular formula is C13H9BrINO2. The van der Waals surface area contributed by atoms with Crippen LogP contribution < -0.4 is 5.32 Å². The normalized spacial score (nSPS) is 10.1. The molecule has 0 aliphatic carbocycles. The molecule has 0 unspecified atom stereocenters. The standard InChI is InChI=1S/C13H9BrINO2/c14-8-4-5-12(15)11(6-8)13(18)16-9-2-1-3-10(17)7-9/h1-7,17H,(H,16,18). The molecule has 5 heteroatoms. The number of hydrogen-bond acceptors (Lipinski definition) is 2. The minimum absolute atomic E-state index is 0.122. The average molecular weight is 418 g/mol. The largest absolute Gasteiger partial charge is 0.508 e. The monoisotopic (exact) mass is 417 g/mol. The predicted octanol–water partition coefficient (Wildman–Crippen LogP) is 4.01. The lowest BCUT2D eigenvalue weighted by atomic mass is 10.2. The highest BCUT2D eigenvalue weighted by Gasteiger charge is 2.10. The number of benzene rings is 2. The van der Waals surface area contributed by atoms with Gasteiger partial charge in [0.2, 0.25) is 0 Å². The van der Waals surface area contributed by atoms with Gasteiger partial charge in [-0.05, 0) is 52.9 Å². The quantitative estimate of drug-likeness (QED) is 0.725. The van der Waals surface area contributed by atoms with Gasteiger partial charge < -0.3 is 10.4 Å². The fraction of sp³-hybridized carbons (Fsp3) is 0. The third kappa shape index (κ3) is 3.23. The predicted molar refractivity (Wildman–Crippen MR) is 82.9 cm³/mol. The van der Waals surface area contributed by atoms with Crippen molar-refractivity contribution in [3.05, 3.63) is 56.1 Å². The molecule has 0 aliphatic rings. The SMILES string of the molecule is O=C(Nc1cccc(O)c1)c1cc(Br)ccc1I. The summed E-state index contributed by atoms with van der Waals surface area (Å²) >= 11 is 5.45. The van der Waals surface area contributed by atoms with Gasteiger partial charge in [-0.25, -0.2) is 0 Å². The molecular weight excluding hydrogens is 409 g/mol. The lowest BCUT2D eigenvalue weighted by molar-refractivity contribution is 0.102. The maximum atomic E-state index is 12.1. The first-order chi connectivity index (χ1) is 8.56. The molecule has 0 aliphatic heterocycles. The molecule has 0 radical (unpaired) electrons. The maximum absolute atomic E-state index is 12.1. The van der Waals surface area contributed by atoms with E-state index in [4.69, 9.17) is 0 Å². The van der Waals surface area contributed by atoms with Gasteiger partial charge in [0.1, 0.15) is 5.75 Å². The number of anilines is 1. The molecule has 0 atom stereocenters. The van der Waals surface area contributed by atoms with Crippen molar-refractivity contribution in [2.75, 3.05) is 5.32 Å². The summed E-state index contributed by atoms with van der Waals surface area (Å²) in [5.41, 5.74) is 1.16. The van der Waals surface area contributed by atoms with Crippen LogP contribution in [-0.2, 0) is 0 Å². The molecule has 0 saturated heterocycles. The van der Waals surface area contributed by atoms with Crippen LogP contribution in [0.15, 0.2) is 46.9 Å². The smallest absolute Gasteiger partial charge is 0.256 e. The molecule has 0 heterocycles. The zero-order valence-electron chi connectivity index (χ0n) is 9.15. The van der Waals surface area contributed by atoms with Crippen LogP contribution in [0.1, 0.15) is 10.4 Å². The van der Waals surface area contributed by atoms with E-state index in [2.05, 4.69) is 43.8 Å². The first-order valence-electron chi connectivity index (χ1n) is 5.12. The van der Waals surface area contributed by atoms with Crippen LogP contribution >= 0.6 is 38.5 Å². The third-order valence-corrected chi connectivity index (χ3v) is 3.71. The van der Waals surface area contributed by atoms with Crippen molar-refractivity contribution in [1.29, 1.82) is 0 Å². The molecule has 3 nitrogen and oxygen atoms in total. The topological polar surface area (TPSA) is 49.3 Å². The number of carbonyl (C=O) groups excluding carboxylic acids is 1. The first-order valence-corrected chi connectivity index (χ1v) is 6.99. The van der Waals surface area contributed by atoms with E-state index < -0.39 is 0 Å². The van der Waals surface area contributed by atoms with E-state index in [-0.39, 0.29) is 11.7 Å². The molecule has 2 aromatic rings. The lowest BCUT2D eigenvalue weighted by Crippen LogP contribution is -2.13. The van der Waals surface area contributed by atoms with Crippen LogP contribution in [0.25, 0.3) is 0 Å². The Morgan fingerprint density at radius 1 is 1.22 bits per heavy atom. The number of halogens is 2. The van der Waals surface area contributed by atoms with Crippen LogP contribution in [-0.4, -0.2) is 11.0 Å². The number of phenolic OH excluding ortho intramolecular Hbond substituents is 1. The average Bonchev–Trinajstić information content (AvgIpc) is 2.32. The third-order valence-electron chi connectivity index (χ3n) is 2.28. The molecule has 0 bridgehead atoms. The van der Waals surface area contributed by atoms with Crippen LogP contribution in [0.2, 0.25) is 0 Å². The Morgan fingerprint density at radius 2 is 2.00 bits per heavy atom. The van der Waals surface area contributed by atoms with Crippen molar-refractivity contribution < 1.29 is 9.90 Å². The molecule has 0 aromatic heterocycles. The van der Waals surface area contributed by atoms with E-state index in [0.29, 0.717) is 11.3 Å². The maximum Gasteiger partial charge on any atom is 0.256 e. The minimum atomic E-state index is -0.202. The second-order valence-corrected chi connectivity index (χ2v) is 5.71. The van der Waals surface area contributed by atoms with Gasteiger partial charge in [0.25, 0.3) is 5.91 Å². The van der Waals surface area contributed by atoms with Crippen molar-refractivity contribution in [3.63, 3.8) is 0 Å². The molecule has 1 amide bonds. The van der Waals surface area contributed by atoms with Gasteiger partial charge in [0, 0.05) is 19.8 Å². The summed E-state index contributed by atoms with van der Waals surface area (Å²) < 4.78 is 1.72. The van der Waals surface area contributed by atoms with E-state index in [1.54, 1.807) is 24.3 Å². The first kappa shape index (κ1) is 13.4. The second-order valence-electron chi connectivity index (χ2n) is 3.63. The lowest BCUT2D eigenvalue weighted by Gasteiger charge is -2.07. The van der Waals surface area contributed by atoms with Crippen LogP contribution in [0.5, 0.6) is 5.75 Å². The summed E-state index contributed by atoms with van der Waals surface area (Å²) in [6, 6.07) is 12.0. The highest BCUT2D eigenvalue weighted by atomic mass is 127. The van der Waals surface area contributed by atoms with Gasteiger partial charge >= 0.3 is 0 Å². The number of carbonyl (C=O) groups is 1. The molecule has 0 fully saturated rings. The van der Waals surface area contributed by atoms with Crippen LogP contribution in [0.4, 0.5) is 5.69 Å². The fourth-order valence-corrected chi connectivity index (χ4v) is 2.40. The van der Waals surface area contributed by atoms with Crippen molar-refractivity contribution >= 4 is 50.1 Å². The molecule has 2 N–H and O–H groups in total. The van der Waals surface area contributed by atoms with Gasteiger partial charge in [-0.3, -0.25) is 4.79 Å². The summed E-state index contributed by atoms with van der Waals surface area (Å²) in [4.78, 5) is 12.1. The van der Waals surface area contributed by atoms with E-state index in [0.717, 1.165) is 8.04 Å². The van der Waals surface area contributed by atoms with Gasteiger partial charge in [-0.2, -0.15) is 0 Å². The Kier molecular flexibility index (Phi) is 4.23. The van der Waals surface area contributed by atoms with Gasteiger partial charge in [0.15, 0.2) is 0 Å². The fourth-order valence-electron chi connectivity index (χ4n) is 1.45. The molecule has 0 spiro atoms. The second kappa shape index (κ2) is 5.71. The minimum Gasteiger partial charge on any atom is -0.508 e. The molecule has 18 heavy (non-hydrogen) atoms. The van der Waals surface area contributed by atoms with Gasteiger partial charge in [-0.1, -0.05) is 22.0 Å². The summed E-state index contributed by atoms with van der Waals surface area (Å²) in [5.74, 6) is -0.0805. The van der Waals surface area contributed by atoms with Crippen molar-refractivity contribution in [3.8, 4) is 5.75 Å². The number of nitrogens with one attached hydrogen (secondary N) is 1. The van der Waals surface area contributed by atoms with Gasteiger partial charge in [-0.15, -0.1) is 0 Å². The van der Waals surface area contributed by atoms with Gasteiger partial charge in [0.05, 0.1) is 5.56 Å². The Bertz CT molecular complexity index is 601. The van der Waals surface area contributed by atoms with Crippen molar-refractivity contribution in [2.24, 2.45) is 0 Å². The number of phenols is 1. The number of amides is 1. The summed E-state index contributed by atoms with van der Waals surface area (Å²) in [6.45, 7) is 0. The molecule has 0 saturated carbocycles. The highest BCUT2D eigenvalue weighted by molar-refractivity contribution is 14.1. The van der Waals surface area contributed by atoms with Crippen molar-refractivity contribution in [1.82, 2.24) is 0 Å². The Hall–Kier alpha value is -1.08. The molecule has 2 aromatic carbocycles. The summed E-state index contributed by atoms with van der Waals surface area (Å²) in [6.07, 6.45) is 0. The Labute approximate surface area is 126 Å². The number of rotatable bonds is 2. The van der Waals surface area contributed by atoms with E-state index in [1.165, 1.54) is 6.07 Å². The van der Waals surface area contributed by atoms with Crippen LogP contribution in [0.3, 0.4) is 0 Å². The van der Waals surface area contributed by atoms with E-state index in [1.807, 2.05) is 12.1 Å². The van der Waals surface area contributed by atoms with E-state index >= 15 is 0 Å². The van der Waals surface area contributed by atoms with Crippen LogP contribution in [0, 0.1) is 3.57 Å². The highest BCUT2D eigenvalue weighted by Crippen LogP contribution is 2.21. The molecule has 2 rings (SSSR count). The molecule has 92 valence electrons.